The van der Waals surface area contributed by atoms with Gasteiger partial charge in [-0.1, -0.05) is 0 Å². The minimum absolute atomic E-state index is 0.275. The summed E-state index contributed by atoms with van der Waals surface area (Å²) in [6, 6.07) is 5.07. The van der Waals surface area contributed by atoms with E-state index in [0.717, 1.165) is 4.90 Å². The topological polar surface area (TPSA) is 66.8 Å². The Morgan fingerprint density at radius 1 is 1.53 bits per heavy atom. The molecule has 0 amide bonds. The summed E-state index contributed by atoms with van der Waals surface area (Å²) in [6.07, 6.45) is 0.325. The van der Waals surface area contributed by atoms with E-state index in [9.17, 15) is 9.90 Å². The van der Waals surface area contributed by atoms with Crippen LogP contribution in [-0.4, -0.2) is 29.5 Å². The Kier molecular flexibility index (Phi) is 3.99. The third-order valence-corrected chi connectivity index (χ3v) is 2.69. The van der Waals surface area contributed by atoms with Crippen LogP contribution in [0.25, 0.3) is 0 Å². The third kappa shape index (κ3) is 2.64. The summed E-state index contributed by atoms with van der Waals surface area (Å²) < 4.78 is 4.98. The van der Waals surface area contributed by atoms with E-state index in [1.807, 2.05) is 12.3 Å². The SMILES string of the molecule is COc1ccc(SC)cc1C(O)C(=O)O. The van der Waals surface area contributed by atoms with E-state index in [2.05, 4.69) is 0 Å². The van der Waals surface area contributed by atoms with Gasteiger partial charge in [-0.15, -0.1) is 11.8 Å². The molecular formula is C10H12O4S. The lowest BCUT2D eigenvalue weighted by molar-refractivity contribution is -0.147. The zero-order valence-corrected chi connectivity index (χ0v) is 9.25. The van der Waals surface area contributed by atoms with E-state index in [0.29, 0.717) is 5.75 Å². The van der Waals surface area contributed by atoms with Crippen molar-refractivity contribution in [3.05, 3.63) is 23.8 Å². The Bertz CT molecular complexity index is 364. The smallest absolute Gasteiger partial charge is 0.337 e. The second-order valence-electron chi connectivity index (χ2n) is 2.85. The summed E-state index contributed by atoms with van der Waals surface area (Å²) in [5.41, 5.74) is 0.275. The first kappa shape index (κ1) is 11.9. The van der Waals surface area contributed by atoms with Gasteiger partial charge in [0.2, 0.25) is 0 Å². The molecule has 0 bridgehead atoms. The summed E-state index contributed by atoms with van der Waals surface area (Å²) >= 11 is 1.47. The van der Waals surface area contributed by atoms with E-state index >= 15 is 0 Å². The molecule has 0 saturated heterocycles. The maximum Gasteiger partial charge on any atom is 0.337 e. The van der Waals surface area contributed by atoms with Crippen LogP contribution in [0.4, 0.5) is 0 Å². The minimum Gasteiger partial charge on any atom is -0.496 e. The van der Waals surface area contributed by atoms with Crippen molar-refractivity contribution in [1.29, 1.82) is 0 Å². The number of benzene rings is 1. The maximum atomic E-state index is 10.7. The predicted octanol–water partition coefficient (Wildman–Crippen LogP) is 1.54. The van der Waals surface area contributed by atoms with Gasteiger partial charge in [-0.25, -0.2) is 4.79 Å². The molecule has 0 aliphatic rings. The van der Waals surface area contributed by atoms with Crippen LogP contribution in [0.3, 0.4) is 0 Å². The Labute approximate surface area is 91.9 Å². The maximum absolute atomic E-state index is 10.7. The molecule has 2 N–H and O–H groups in total. The molecule has 0 fully saturated rings. The van der Waals surface area contributed by atoms with Gasteiger partial charge < -0.3 is 14.9 Å². The molecule has 1 aromatic rings. The molecule has 5 heteroatoms. The van der Waals surface area contributed by atoms with E-state index in [1.165, 1.54) is 18.9 Å². The second-order valence-corrected chi connectivity index (χ2v) is 3.73. The van der Waals surface area contributed by atoms with Crippen LogP contribution in [0.1, 0.15) is 11.7 Å². The predicted molar refractivity (Wildman–Crippen MR) is 57.4 cm³/mol. The van der Waals surface area contributed by atoms with Crippen molar-refractivity contribution in [2.75, 3.05) is 13.4 Å². The lowest BCUT2D eigenvalue weighted by Crippen LogP contribution is -2.11. The van der Waals surface area contributed by atoms with Crippen LogP contribution >= 0.6 is 11.8 Å². The fourth-order valence-corrected chi connectivity index (χ4v) is 1.64. The zero-order chi connectivity index (χ0) is 11.4. The number of aliphatic hydroxyl groups is 1. The molecule has 1 atom stereocenters. The minimum atomic E-state index is -1.55. The third-order valence-electron chi connectivity index (χ3n) is 1.97. The highest BCUT2D eigenvalue weighted by atomic mass is 32.2. The Balaban J connectivity index is 3.16. The average molecular weight is 228 g/mol. The number of carbonyl (C=O) groups is 1. The normalized spacial score (nSPS) is 12.2. The first-order valence-corrected chi connectivity index (χ1v) is 5.45. The van der Waals surface area contributed by atoms with Gasteiger partial charge in [0.15, 0.2) is 6.10 Å². The van der Waals surface area contributed by atoms with Crippen molar-refractivity contribution >= 4 is 17.7 Å². The number of thioether (sulfide) groups is 1. The van der Waals surface area contributed by atoms with Crippen LogP contribution in [0, 0.1) is 0 Å². The van der Waals surface area contributed by atoms with Gasteiger partial charge in [0.05, 0.1) is 7.11 Å². The first-order valence-electron chi connectivity index (χ1n) is 4.23. The van der Waals surface area contributed by atoms with Crippen LogP contribution in [0.15, 0.2) is 23.1 Å². The largest absolute Gasteiger partial charge is 0.496 e. The molecule has 1 unspecified atom stereocenters. The highest BCUT2D eigenvalue weighted by Crippen LogP contribution is 2.29. The number of carboxylic acid groups (broad SMARTS) is 1. The van der Waals surface area contributed by atoms with Gasteiger partial charge in [0.1, 0.15) is 5.75 Å². The van der Waals surface area contributed by atoms with Crippen molar-refractivity contribution in [2.45, 2.75) is 11.0 Å². The highest BCUT2D eigenvalue weighted by Gasteiger charge is 2.20. The van der Waals surface area contributed by atoms with Gasteiger partial charge in [0, 0.05) is 10.5 Å². The number of ether oxygens (including phenoxy) is 1. The van der Waals surface area contributed by atoms with Gasteiger partial charge in [-0.3, -0.25) is 0 Å². The summed E-state index contributed by atoms with van der Waals surface area (Å²) in [6.45, 7) is 0. The first-order chi connectivity index (χ1) is 7.10. The highest BCUT2D eigenvalue weighted by molar-refractivity contribution is 7.98. The summed E-state index contributed by atoms with van der Waals surface area (Å²) in [5, 5.41) is 18.1. The van der Waals surface area contributed by atoms with Gasteiger partial charge in [-0.05, 0) is 24.5 Å². The Morgan fingerprint density at radius 2 is 2.20 bits per heavy atom. The van der Waals surface area contributed by atoms with Crippen molar-refractivity contribution in [2.24, 2.45) is 0 Å². The average Bonchev–Trinajstić information content (AvgIpc) is 2.27. The van der Waals surface area contributed by atoms with Crippen molar-refractivity contribution in [3.8, 4) is 5.75 Å². The molecule has 0 spiro atoms. The molecular weight excluding hydrogens is 216 g/mol. The number of aliphatic hydroxyl groups excluding tert-OH is 1. The number of aliphatic carboxylic acids is 1. The molecule has 1 rings (SSSR count). The summed E-state index contributed by atoms with van der Waals surface area (Å²) in [5.74, 6) is -0.908. The van der Waals surface area contributed by atoms with Crippen LogP contribution in [-0.2, 0) is 4.79 Å². The number of rotatable bonds is 4. The van der Waals surface area contributed by atoms with Gasteiger partial charge in [0.25, 0.3) is 0 Å². The lowest BCUT2D eigenvalue weighted by atomic mass is 10.1. The Morgan fingerprint density at radius 3 is 2.67 bits per heavy atom. The molecule has 0 radical (unpaired) electrons. The fourth-order valence-electron chi connectivity index (χ4n) is 1.19. The second kappa shape index (κ2) is 5.04. The van der Waals surface area contributed by atoms with E-state index in [-0.39, 0.29) is 5.56 Å². The van der Waals surface area contributed by atoms with Crippen molar-refractivity contribution < 1.29 is 19.7 Å². The van der Waals surface area contributed by atoms with Crippen molar-refractivity contribution in [1.82, 2.24) is 0 Å². The molecule has 0 aliphatic carbocycles. The van der Waals surface area contributed by atoms with Crippen LogP contribution < -0.4 is 4.74 Å². The molecule has 0 aromatic heterocycles. The fraction of sp³-hybridized carbons (Fsp3) is 0.300. The molecule has 0 heterocycles. The zero-order valence-electron chi connectivity index (χ0n) is 8.43. The molecule has 15 heavy (non-hydrogen) atoms. The molecule has 0 aliphatic heterocycles. The van der Waals surface area contributed by atoms with E-state index < -0.39 is 12.1 Å². The number of hydrogen-bond acceptors (Lipinski definition) is 4. The standard InChI is InChI=1S/C10H12O4S/c1-14-8-4-3-6(15-2)5-7(8)9(11)10(12)13/h3-5,9,11H,1-2H3,(H,12,13). The van der Waals surface area contributed by atoms with E-state index in [1.54, 1.807) is 12.1 Å². The number of methoxy groups -OCH3 is 1. The summed E-state index contributed by atoms with van der Waals surface area (Å²) in [4.78, 5) is 11.5. The molecule has 82 valence electrons. The Hall–Kier alpha value is -1.20. The number of hydrogen-bond donors (Lipinski definition) is 2. The van der Waals surface area contributed by atoms with Crippen LogP contribution in [0.2, 0.25) is 0 Å². The van der Waals surface area contributed by atoms with Gasteiger partial charge in [-0.2, -0.15) is 0 Å². The molecule has 0 saturated carbocycles. The van der Waals surface area contributed by atoms with Gasteiger partial charge >= 0.3 is 5.97 Å². The molecule has 1 aromatic carbocycles. The van der Waals surface area contributed by atoms with Crippen LogP contribution in [0.5, 0.6) is 5.75 Å². The monoisotopic (exact) mass is 228 g/mol. The number of carboxylic acids is 1. The van der Waals surface area contributed by atoms with Crippen molar-refractivity contribution in [3.63, 3.8) is 0 Å². The summed E-state index contributed by atoms with van der Waals surface area (Å²) in [7, 11) is 1.44. The molecule has 4 nitrogen and oxygen atoms in total. The lowest BCUT2D eigenvalue weighted by Gasteiger charge is -2.12. The quantitative estimate of drug-likeness (QED) is 0.765. The van der Waals surface area contributed by atoms with E-state index in [4.69, 9.17) is 9.84 Å².